The van der Waals surface area contributed by atoms with Crippen molar-refractivity contribution in [3.63, 3.8) is 0 Å². The largest absolute Gasteiger partial charge is 0.492 e. The van der Waals surface area contributed by atoms with Crippen LogP contribution in [0.15, 0.2) is 58.4 Å². The van der Waals surface area contributed by atoms with Crippen LogP contribution in [0.3, 0.4) is 0 Å². The zero-order valence-electron chi connectivity index (χ0n) is 18.6. The lowest BCUT2D eigenvalue weighted by Gasteiger charge is -2.26. The third kappa shape index (κ3) is 5.08. The Kier molecular flexibility index (Phi) is 7.38. The minimum atomic E-state index is -3.70. The van der Waals surface area contributed by atoms with Crippen molar-refractivity contribution in [1.82, 2.24) is 9.21 Å². The molecule has 8 nitrogen and oxygen atoms in total. The number of benzene rings is 2. The van der Waals surface area contributed by atoms with E-state index in [-0.39, 0.29) is 16.8 Å². The Morgan fingerprint density at radius 3 is 2.70 bits per heavy atom. The molecule has 0 spiro atoms. The van der Waals surface area contributed by atoms with E-state index in [0.29, 0.717) is 60.8 Å². The molecule has 176 valence electrons. The molecule has 1 amide bonds. The Balaban J connectivity index is 1.64. The third-order valence-corrected chi connectivity index (χ3v) is 8.48. The van der Waals surface area contributed by atoms with Gasteiger partial charge in [-0.3, -0.25) is 9.69 Å². The van der Waals surface area contributed by atoms with Crippen molar-refractivity contribution in [3.8, 4) is 5.75 Å². The number of nitrogens with zero attached hydrogens (tertiary/aromatic N) is 3. The standard InChI is InChI=1S/C23H27N3O5S2/c1-3-31-21-10-5-4-9-20(21)24-23-26(17(2)16-32-23)22(27)18-7-6-8-19(15-18)33(28,29)25-11-13-30-14-12-25/h4-10,15,17H,3,11-14,16H2,1-2H3/t17-/m0/s1. The molecule has 2 saturated heterocycles. The maximum Gasteiger partial charge on any atom is 0.260 e. The van der Waals surface area contributed by atoms with Gasteiger partial charge in [-0.25, -0.2) is 13.4 Å². The summed E-state index contributed by atoms with van der Waals surface area (Å²) in [4.78, 5) is 20.0. The second-order valence-electron chi connectivity index (χ2n) is 7.67. The van der Waals surface area contributed by atoms with Gasteiger partial charge in [0.05, 0.1) is 24.7 Å². The molecule has 33 heavy (non-hydrogen) atoms. The molecule has 10 heteroatoms. The van der Waals surface area contributed by atoms with Gasteiger partial charge < -0.3 is 9.47 Å². The summed E-state index contributed by atoms with van der Waals surface area (Å²) in [5, 5.41) is 0.570. The second kappa shape index (κ2) is 10.3. The maximum absolute atomic E-state index is 13.5. The van der Waals surface area contributed by atoms with Gasteiger partial charge in [0.25, 0.3) is 5.91 Å². The van der Waals surface area contributed by atoms with Crippen LogP contribution in [0.25, 0.3) is 0 Å². The molecule has 2 fully saturated rings. The predicted molar refractivity (Wildman–Crippen MR) is 129 cm³/mol. The number of amides is 1. The van der Waals surface area contributed by atoms with Crippen LogP contribution < -0.4 is 4.74 Å². The molecule has 0 saturated carbocycles. The SMILES string of the molecule is CCOc1ccccc1N=C1SC[C@H](C)N1C(=O)c1cccc(S(=O)(=O)N2CCOCC2)c1. The number of carbonyl (C=O) groups excluding carboxylic acids is 1. The van der Waals surface area contributed by atoms with Crippen LogP contribution in [-0.4, -0.2) is 73.4 Å². The van der Waals surface area contributed by atoms with E-state index in [2.05, 4.69) is 0 Å². The number of hydrogen-bond acceptors (Lipinski definition) is 7. The molecule has 1 atom stereocenters. The van der Waals surface area contributed by atoms with Crippen LogP contribution in [0.1, 0.15) is 24.2 Å². The molecule has 2 aliphatic heterocycles. The summed E-state index contributed by atoms with van der Waals surface area (Å²) in [5.41, 5.74) is 0.960. The highest BCUT2D eigenvalue weighted by molar-refractivity contribution is 8.14. The van der Waals surface area contributed by atoms with Crippen LogP contribution in [0.2, 0.25) is 0 Å². The topological polar surface area (TPSA) is 88.5 Å². The van der Waals surface area contributed by atoms with Gasteiger partial charge in [-0.05, 0) is 44.2 Å². The number of morpholine rings is 1. The maximum atomic E-state index is 13.5. The summed E-state index contributed by atoms with van der Waals surface area (Å²) >= 11 is 1.49. The summed E-state index contributed by atoms with van der Waals surface area (Å²) in [6.45, 7) is 5.71. The molecule has 0 radical (unpaired) electrons. The number of aliphatic imine (C=N–C) groups is 1. The molecule has 2 aromatic rings. The first kappa shape index (κ1) is 23.7. The van der Waals surface area contributed by atoms with Gasteiger partial charge in [-0.15, -0.1) is 0 Å². The number of amidine groups is 1. The monoisotopic (exact) mass is 489 g/mol. The summed E-state index contributed by atoms with van der Waals surface area (Å²) in [6, 6.07) is 13.6. The van der Waals surface area contributed by atoms with E-state index in [0.717, 1.165) is 0 Å². The lowest BCUT2D eigenvalue weighted by molar-refractivity contribution is 0.0730. The molecular formula is C23H27N3O5S2. The highest BCUT2D eigenvalue weighted by Gasteiger charge is 2.34. The molecule has 2 heterocycles. The van der Waals surface area contributed by atoms with Gasteiger partial charge in [0, 0.05) is 30.4 Å². The first-order valence-electron chi connectivity index (χ1n) is 10.9. The Bertz CT molecular complexity index is 1150. The molecule has 0 N–H and O–H groups in total. The number of ether oxygens (including phenoxy) is 2. The van der Waals surface area contributed by atoms with Gasteiger partial charge in [-0.2, -0.15) is 4.31 Å². The molecule has 2 aromatic carbocycles. The first-order valence-corrected chi connectivity index (χ1v) is 13.3. The second-order valence-corrected chi connectivity index (χ2v) is 10.6. The van der Waals surface area contributed by atoms with Crippen molar-refractivity contribution in [2.75, 3.05) is 38.7 Å². The van der Waals surface area contributed by atoms with Gasteiger partial charge in [0.1, 0.15) is 11.4 Å². The third-order valence-electron chi connectivity index (χ3n) is 5.39. The first-order chi connectivity index (χ1) is 15.9. The van der Waals surface area contributed by atoms with Gasteiger partial charge >= 0.3 is 0 Å². The predicted octanol–water partition coefficient (Wildman–Crippen LogP) is 3.37. The van der Waals surface area contributed by atoms with E-state index in [1.54, 1.807) is 17.0 Å². The fourth-order valence-corrected chi connectivity index (χ4v) is 6.25. The number of hydrogen-bond donors (Lipinski definition) is 0. The number of para-hydroxylation sites is 2. The van der Waals surface area contributed by atoms with E-state index in [9.17, 15) is 13.2 Å². The number of carbonyl (C=O) groups is 1. The Morgan fingerprint density at radius 2 is 1.94 bits per heavy atom. The smallest absolute Gasteiger partial charge is 0.260 e. The molecule has 0 unspecified atom stereocenters. The van der Waals surface area contributed by atoms with Crippen molar-refractivity contribution < 1.29 is 22.7 Å². The number of sulfonamides is 1. The van der Waals surface area contributed by atoms with E-state index >= 15 is 0 Å². The van der Waals surface area contributed by atoms with E-state index in [1.165, 1.54) is 28.2 Å². The van der Waals surface area contributed by atoms with Crippen molar-refractivity contribution in [2.45, 2.75) is 24.8 Å². The Labute approximate surface area is 198 Å². The van der Waals surface area contributed by atoms with Crippen LogP contribution >= 0.6 is 11.8 Å². The van der Waals surface area contributed by atoms with Gasteiger partial charge in [0.2, 0.25) is 10.0 Å². The van der Waals surface area contributed by atoms with Crippen molar-refractivity contribution in [1.29, 1.82) is 0 Å². The van der Waals surface area contributed by atoms with E-state index in [1.807, 2.05) is 38.1 Å². The summed E-state index contributed by atoms with van der Waals surface area (Å²) in [5.74, 6) is 1.07. The summed E-state index contributed by atoms with van der Waals surface area (Å²) < 4.78 is 38.4. The normalized spacial score (nSPS) is 20.8. The molecule has 2 aliphatic rings. The fraction of sp³-hybridized carbons (Fsp3) is 0.391. The van der Waals surface area contributed by atoms with Crippen molar-refractivity contribution in [3.05, 3.63) is 54.1 Å². The van der Waals surface area contributed by atoms with Crippen LogP contribution in [-0.2, 0) is 14.8 Å². The quantitative estimate of drug-likeness (QED) is 0.618. The number of thioether (sulfide) groups is 1. The molecule has 0 aromatic heterocycles. The van der Waals surface area contributed by atoms with Crippen molar-refractivity contribution >= 4 is 38.5 Å². The van der Waals surface area contributed by atoms with Crippen LogP contribution in [0.4, 0.5) is 5.69 Å². The molecular weight excluding hydrogens is 462 g/mol. The van der Waals surface area contributed by atoms with Crippen LogP contribution in [0, 0.1) is 0 Å². The molecule has 4 rings (SSSR count). The lowest BCUT2D eigenvalue weighted by atomic mass is 10.2. The zero-order chi connectivity index (χ0) is 23.4. The highest BCUT2D eigenvalue weighted by Crippen LogP contribution is 2.33. The van der Waals surface area contributed by atoms with Gasteiger partial charge in [0.15, 0.2) is 5.17 Å². The Hall–Kier alpha value is -2.40. The van der Waals surface area contributed by atoms with E-state index < -0.39 is 10.0 Å². The molecule has 0 bridgehead atoms. The zero-order valence-corrected chi connectivity index (χ0v) is 20.3. The minimum absolute atomic E-state index is 0.0833. The van der Waals surface area contributed by atoms with Gasteiger partial charge in [-0.1, -0.05) is 30.0 Å². The minimum Gasteiger partial charge on any atom is -0.492 e. The average molecular weight is 490 g/mol. The average Bonchev–Trinajstić information content (AvgIpc) is 3.20. The fourth-order valence-electron chi connectivity index (χ4n) is 3.70. The lowest BCUT2D eigenvalue weighted by Crippen LogP contribution is -2.41. The molecule has 0 aliphatic carbocycles. The highest BCUT2D eigenvalue weighted by atomic mass is 32.2. The van der Waals surface area contributed by atoms with Crippen LogP contribution in [0.5, 0.6) is 5.75 Å². The summed E-state index contributed by atoms with van der Waals surface area (Å²) in [7, 11) is -3.70. The number of rotatable bonds is 6. The Morgan fingerprint density at radius 1 is 1.18 bits per heavy atom. The summed E-state index contributed by atoms with van der Waals surface area (Å²) in [6.07, 6.45) is 0. The van der Waals surface area contributed by atoms with Crippen molar-refractivity contribution in [2.24, 2.45) is 4.99 Å². The van der Waals surface area contributed by atoms with E-state index in [4.69, 9.17) is 14.5 Å².